The first-order chi connectivity index (χ1) is 8.36. The SMILES string of the molecule is CCOC(=O)C(C)(C)NCc1ccc(F)cc1F. The second-order valence-electron chi connectivity index (χ2n) is 4.43. The Morgan fingerprint density at radius 3 is 2.61 bits per heavy atom. The quantitative estimate of drug-likeness (QED) is 0.823. The number of benzene rings is 1. The summed E-state index contributed by atoms with van der Waals surface area (Å²) in [6.45, 7) is 5.42. The average molecular weight is 257 g/mol. The number of hydrogen-bond acceptors (Lipinski definition) is 3. The molecule has 0 aliphatic heterocycles. The van der Waals surface area contributed by atoms with Crippen LogP contribution in [0.1, 0.15) is 26.3 Å². The van der Waals surface area contributed by atoms with Crippen LogP contribution in [0.25, 0.3) is 0 Å². The molecule has 0 amide bonds. The topological polar surface area (TPSA) is 38.3 Å². The second kappa shape index (κ2) is 5.91. The summed E-state index contributed by atoms with van der Waals surface area (Å²) >= 11 is 0. The van der Waals surface area contributed by atoms with Crippen LogP contribution in [-0.4, -0.2) is 18.1 Å². The van der Waals surface area contributed by atoms with E-state index in [1.54, 1.807) is 20.8 Å². The Morgan fingerprint density at radius 1 is 1.39 bits per heavy atom. The minimum absolute atomic E-state index is 0.123. The molecule has 0 spiro atoms. The van der Waals surface area contributed by atoms with Crippen LogP contribution in [0.3, 0.4) is 0 Å². The lowest BCUT2D eigenvalue weighted by atomic mass is 10.1. The molecular formula is C13H17F2NO2. The van der Waals surface area contributed by atoms with E-state index in [-0.39, 0.29) is 13.2 Å². The van der Waals surface area contributed by atoms with Gasteiger partial charge in [-0.3, -0.25) is 10.1 Å². The van der Waals surface area contributed by atoms with Gasteiger partial charge in [-0.05, 0) is 26.8 Å². The maximum absolute atomic E-state index is 13.4. The molecule has 0 heterocycles. The van der Waals surface area contributed by atoms with Crippen LogP contribution >= 0.6 is 0 Å². The lowest BCUT2D eigenvalue weighted by Crippen LogP contribution is -2.47. The number of rotatable bonds is 5. The monoisotopic (exact) mass is 257 g/mol. The van der Waals surface area contributed by atoms with Crippen LogP contribution in [0.15, 0.2) is 18.2 Å². The Labute approximate surface area is 105 Å². The van der Waals surface area contributed by atoms with E-state index >= 15 is 0 Å². The predicted molar refractivity (Wildman–Crippen MR) is 63.9 cm³/mol. The lowest BCUT2D eigenvalue weighted by Gasteiger charge is -2.24. The summed E-state index contributed by atoms with van der Waals surface area (Å²) in [4.78, 5) is 11.6. The van der Waals surface area contributed by atoms with Crippen molar-refractivity contribution in [3.05, 3.63) is 35.4 Å². The highest BCUT2D eigenvalue weighted by Crippen LogP contribution is 2.12. The number of esters is 1. The fraction of sp³-hybridized carbons (Fsp3) is 0.462. The zero-order valence-electron chi connectivity index (χ0n) is 10.7. The van der Waals surface area contributed by atoms with E-state index < -0.39 is 23.1 Å². The van der Waals surface area contributed by atoms with Gasteiger partial charge < -0.3 is 4.74 Å². The maximum Gasteiger partial charge on any atom is 0.325 e. The van der Waals surface area contributed by atoms with Crippen molar-refractivity contribution < 1.29 is 18.3 Å². The van der Waals surface area contributed by atoms with Crippen molar-refractivity contribution in [1.29, 1.82) is 0 Å². The van der Waals surface area contributed by atoms with Gasteiger partial charge in [-0.15, -0.1) is 0 Å². The molecule has 0 fully saturated rings. The standard InChI is InChI=1S/C13H17F2NO2/c1-4-18-12(17)13(2,3)16-8-9-5-6-10(14)7-11(9)15/h5-7,16H,4,8H2,1-3H3. The average Bonchev–Trinajstić information content (AvgIpc) is 2.28. The van der Waals surface area contributed by atoms with Gasteiger partial charge in [0.2, 0.25) is 0 Å². The van der Waals surface area contributed by atoms with Gasteiger partial charge >= 0.3 is 5.97 Å². The molecule has 3 nitrogen and oxygen atoms in total. The molecule has 0 saturated carbocycles. The summed E-state index contributed by atoms with van der Waals surface area (Å²) in [6, 6.07) is 3.34. The van der Waals surface area contributed by atoms with Gasteiger partial charge in [-0.1, -0.05) is 6.07 Å². The number of carbonyl (C=O) groups is 1. The molecule has 0 aromatic heterocycles. The third-order valence-electron chi connectivity index (χ3n) is 2.52. The zero-order valence-corrected chi connectivity index (χ0v) is 10.7. The minimum atomic E-state index is -0.920. The van der Waals surface area contributed by atoms with Crippen LogP contribution < -0.4 is 5.32 Å². The van der Waals surface area contributed by atoms with E-state index in [2.05, 4.69) is 5.32 Å². The highest BCUT2D eigenvalue weighted by atomic mass is 19.1. The molecule has 0 aliphatic carbocycles. The van der Waals surface area contributed by atoms with Gasteiger partial charge in [0.05, 0.1) is 6.61 Å². The van der Waals surface area contributed by atoms with Crippen molar-refractivity contribution >= 4 is 5.97 Å². The highest BCUT2D eigenvalue weighted by Gasteiger charge is 2.28. The van der Waals surface area contributed by atoms with Crippen molar-refractivity contribution in [3.63, 3.8) is 0 Å². The van der Waals surface area contributed by atoms with Crippen molar-refractivity contribution in [2.75, 3.05) is 6.61 Å². The van der Waals surface area contributed by atoms with E-state index in [1.807, 2.05) is 0 Å². The molecule has 0 saturated heterocycles. The number of ether oxygens (including phenoxy) is 1. The second-order valence-corrected chi connectivity index (χ2v) is 4.43. The predicted octanol–water partition coefficient (Wildman–Crippen LogP) is 2.40. The van der Waals surface area contributed by atoms with Crippen LogP contribution in [0.5, 0.6) is 0 Å². The van der Waals surface area contributed by atoms with Gasteiger partial charge in [0.25, 0.3) is 0 Å². The molecule has 0 atom stereocenters. The summed E-state index contributed by atoms with van der Waals surface area (Å²) < 4.78 is 31.0. The number of nitrogens with one attached hydrogen (secondary N) is 1. The smallest absolute Gasteiger partial charge is 0.325 e. The van der Waals surface area contributed by atoms with Crippen molar-refractivity contribution in [2.45, 2.75) is 32.9 Å². The maximum atomic E-state index is 13.4. The molecule has 1 rings (SSSR count). The molecule has 100 valence electrons. The molecule has 0 unspecified atom stereocenters. The van der Waals surface area contributed by atoms with Crippen LogP contribution in [0.4, 0.5) is 8.78 Å². The first-order valence-corrected chi connectivity index (χ1v) is 5.73. The van der Waals surface area contributed by atoms with Crippen LogP contribution in [0, 0.1) is 11.6 Å². The molecule has 18 heavy (non-hydrogen) atoms. The van der Waals surface area contributed by atoms with Gasteiger partial charge in [-0.25, -0.2) is 8.78 Å². The number of hydrogen-bond donors (Lipinski definition) is 1. The third kappa shape index (κ3) is 3.77. The van der Waals surface area contributed by atoms with Gasteiger partial charge in [0, 0.05) is 18.2 Å². The largest absolute Gasteiger partial charge is 0.465 e. The Balaban J connectivity index is 2.66. The summed E-state index contributed by atoms with van der Waals surface area (Å²) in [7, 11) is 0. The fourth-order valence-corrected chi connectivity index (χ4v) is 1.36. The summed E-state index contributed by atoms with van der Waals surface area (Å²) in [5, 5.41) is 2.88. The van der Waals surface area contributed by atoms with Crippen molar-refractivity contribution in [2.24, 2.45) is 0 Å². The third-order valence-corrected chi connectivity index (χ3v) is 2.52. The minimum Gasteiger partial charge on any atom is -0.465 e. The fourth-order valence-electron chi connectivity index (χ4n) is 1.36. The highest BCUT2D eigenvalue weighted by molar-refractivity contribution is 5.79. The number of carbonyl (C=O) groups excluding carboxylic acids is 1. The van der Waals surface area contributed by atoms with Gasteiger partial charge in [0.1, 0.15) is 17.2 Å². The van der Waals surface area contributed by atoms with Crippen LogP contribution in [-0.2, 0) is 16.1 Å². The van der Waals surface area contributed by atoms with E-state index in [0.29, 0.717) is 5.56 Å². The Bertz CT molecular complexity index is 433. The summed E-state index contributed by atoms with van der Waals surface area (Å²) in [5.41, 5.74) is -0.620. The first kappa shape index (κ1) is 14.6. The molecule has 1 aromatic rings. The number of halogens is 2. The summed E-state index contributed by atoms with van der Waals surface area (Å²) in [5.74, 6) is -1.67. The lowest BCUT2D eigenvalue weighted by molar-refractivity contribution is -0.149. The zero-order chi connectivity index (χ0) is 13.8. The molecular weight excluding hydrogens is 240 g/mol. The normalized spacial score (nSPS) is 11.4. The Hall–Kier alpha value is -1.49. The molecule has 1 N–H and O–H groups in total. The van der Waals surface area contributed by atoms with Crippen molar-refractivity contribution in [3.8, 4) is 0 Å². The molecule has 5 heteroatoms. The van der Waals surface area contributed by atoms with Gasteiger partial charge in [-0.2, -0.15) is 0 Å². The summed E-state index contributed by atoms with van der Waals surface area (Å²) in [6.07, 6.45) is 0. The van der Waals surface area contributed by atoms with Gasteiger partial charge in [0.15, 0.2) is 0 Å². The van der Waals surface area contributed by atoms with E-state index in [9.17, 15) is 13.6 Å². The molecule has 0 bridgehead atoms. The molecule has 1 aromatic carbocycles. The van der Waals surface area contributed by atoms with Crippen molar-refractivity contribution in [1.82, 2.24) is 5.32 Å². The van der Waals surface area contributed by atoms with E-state index in [0.717, 1.165) is 6.07 Å². The molecule has 0 radical (unpaired) electrons. The Kier molecular flexibility index (Phi) is 4.78. The first-order valence-electron chi connectivity index (χ1n) is 5.73. The van der Waals surface area contributed by atoms with E-state index in [1.165, 1.54) is 12.1 Å². The molecule has 0 aliphatic rings. The van der Waals surface area contributed by atoms with E-state index in [4.69, 9.17) is 4.74 Å². The van der Waals surface area contributed by atoms with Crippen LogP contribution in [0.2, 0.25) is 0 Å². The Morgan fingerprint density at radius 2 is 2.06 bits per heavy atom.